The summed E-state index contributed by atoms with van der Waals surface area (Å²) in [5.74, 6) is 1.13. The van der Waals surface area contributed by atoms with Gasteiger partial charge >= 0.3 is 0 Å². The molecule has 0 aliphatic carbocycles. The number of hydrogen-bond donors (Lipinski definition) is 4. The maximum absolute atomic E-state index is 11.2. The Bertz CT molecular complexity index is 2560. The molecule has 0 spiro atoms. The standard InChI is InChI=1S/C60H60N6O4S2/c67-57(41-63(49-19-7-1-8-20-49)61-39-47-31-35-55(36-32-47)65(51-23-11-3-12-24-51)52-25-13-4-14-26-52)43-71-45-59(69)60(70)46-72-44-58(68)42-64(50-21-9-2-10-22-50)62-40-48-33-37-56(38-34-48)66(53-27-15-5-16-28-53)54-29-17-6-18-30-54/h1-40,57-60,67-70H,41-46H2. The fraction of sp³-hybridized carbons (Fsp3) is 0.167. The van der Waals surface area contributed by atoms with E-state index in [-0.39, 0.29) is 24.6 Å². The Morgan fingerprint density at radius 1 is 0.319 bits per heavy atom. The molecule has 0 aromatic heterocycles. The van der Waals surface area contributed by atoms with Crippen LogP contribution in [0.1, 0.15) is 11.1 Å². The summed E-state index contributed by atoms with van der Waals surface area (Å²) in [7, 11) is 0. The van der Waals surface area contributed by atoms with Crippen LogP contribution in [0.2, 0.25) is 0 Å². The number of para-hydroxylation sites is 6. The first-order valence-corrected chi connectivity index (χ1v) is 26.3. The highest BCUT2D eigenvalue weighted by Gasteiger charge is 2.20. The second kappa shape index (κ2) is 26.9. The highest BCUT2D eigenvalue weighted by molar-refractivity contribution is 7.99. The van der Waals surface area contributed by atoms with Gasteiger partial charge in [0.1, 0.15) is 0 Å². The van der Waals surface area contributed by atoms with Gasteiger partial charge < -0.3 is 30.2 Å². The van der Waals surface area contributed by atoms with E-state index in [9.17, 15) is 20.4 Å². The lowest BCUT2D eigenvalue weighted by molar-refractivity contribution is 0.0498. The van der Waals surface area contributed by atoms with Crippen LogP contribution in [0.15, 0.2) is 241 Å². The van der Waals surface area contributed by atoms with Crippen LogP contribution in [0, 0.1) is 0 Å². The molecule has 4 unspecified atom stereocenters. The summed E-state index contributed by atoms with van der Waals surface area (Å²) >= 11 is 2.74. The van der Waals surface area contributed by atoms with Crippen molar-refractivity contribution in [2.75, 3.05) is 55.9 Å². The molecule has 0 saturated heterocycles. The molecule has 0 aliphatic heterocycles. The zero-order chi connectivity index (χ0) is 49.7. The van der Waals surface area contributed by atoms with Crippen molar-refractivity contribution in [3.8, 4) is 0 Å². The van der Waals surface area contributed by atoms with Crippen molar-refractivity contribution in [2.24, 2.45) is 10.2 Å². The summed E-state index contributed by atoms with van der Waals surface area (Å²) in [6.07, 6.45) is 0.0183. The lowest BCUT2D eigenvalue weighted by Crippen LogP contribution is -2.34. The molecule has 0 heterocycles. The zero-order valence-corrected chi connectivity index (χ0v) is 41.6. The highest BCUT2D eigenvalue weighted by Crippen LogP contribution is 2.35. The number of hydrazone groups is 2. The molecule has 0 amide bonds. The van der Waals surface area contributed by atoms with E-state index in [0.717, 1.165) is 56.6 Å². The number of hydrogen-bond acceptors (Lipinski definition) is 12. The lowest BCUT2D eigenvalue weighted by Gasteiger charge is -2.25. The second-order valence-electron chi connectivity index (χ2n) is 17.0. The van der Waals surface area contributed by atoms with Crippen molar-refractivity contribution >= 4 is 81.5 Å². The summed E-state index contributed by atoms with van der Waals surface area (Å²) < 4.78 is 0. The Morgan fingerprint density at radius 3 is 0.847 bits per heavy atom. The molecule has 366 valence electrons. The monoisotopic (exact) mass is 992 g/mol. The Balaban J connectivity index is 0.803. The summed E-state index contributed by atoms with van der Waals surface area (Å²) in [5, 5.41) is 57.3. The SMILES string of the molecule is OC(CSCC(O)C(O)CSCC(O)CN(N=Cc1ccc(N(c2ccccc2)c2ccccc2)cc1)c1ccccc1)CN(N=Cc1ccc(N(c2ccccc2)c2ccccc2)cc1)c1ccccc1. The smallest absolute Gasteiger partial charge is 0.0897 e. The maximum Gasteiger partial charge on any atom is 0.0897 e. The first kappa shape index (κ1) is 51.2. The molecule has 8 aromatic carbocycles. The van der Waals surface area contributed by atoms with Crippen LogP contribution in [0.3, 0.4) is 0 Å². The molecule has 72 heavy (non-hydrogen) atoms. The van der Waals surface area contributed by atoms with Crippen LogP contribution in [0.5, 0.6) is 0 Å². The minimum absolute atomic E-state index is 0.229. The Kier molecular flexibility index (Phi) is 19.1. The lowest BCUT2D eigenvalue weighted by atomic mass is 10.1. The average Bonchev–Trinajstić information content (AvgIpc) is 3.43. The van der Waals surface area contributed by atoms with E-state index in [0.29, 0.717) is 11.5 Å². The van der Waals surface area contributed by atoms with E-state index in [1.807, 2.05) is 158 Å². The first-order chi connectivity index (χ1) is 35.4. The van der Waals surface area contributed by atoms with Crippen molar-refractivity contribution in [3.05, 3.63) is 242 Å². The second-order valence-corrected chi connectivity index (χ2v) is 19.2. The van der Waals surface area contributed by atoms with Crippen LogP contribution < -0.4 is 19.8 Å². The number of benzene rings is 8. The molecular formula is C60H60N6O4S2. The van der Waals surface area contributed by atoms with E-state index in [1.54, 1.807) is 22.4 Å². The molecular weight excluding hydrogens is 933 g/mol. The van der Waals surface area contributed by atoms with Gasteiger partial charge in [-0.3, -0.25) is 10.0 Å². The van der Waals surface area contributed by atoms with E-state index in [1.165, 1.54) is 23.5 Å². The number of nitrogens with zero attached hydrogens (tertiary/aromatic N) is 6. The van der Waals surface area contributed by atoms with Gasteiger partial charge in [-0.25, -0.2) is 0 Å². The third-order valence-electron chi connectivity index (χ3n) is 11.6. The third kappa shape index (κ3) is 14.9. The van der Waals surface area contributed by atoms with Gasteiger partial charge in [0, 0.05) is 57.1 Å². The van der Waals surface area contributed by atoms with Gasteiger partial charge in [0.05, 0.1) is 61.3 Å². The summed E-state index contributed by atoms with van der Waals surface area (Å²) in [6.45, 7) is 0.457. The number of thioether (sulfide) groups is 2. The molecule has 4 N–H and O–H groups in total. The molecule has 0 fully saturated rings. The summed E-state index contributed by atoms with van der Waals surface area (Å²) in [5.41, 5.74) is 9.74. The minimum atomic E-state index is -1.01. The van der Waals surface area contributed by atoms with E-state index < -0.39 is 24.4 Å². The van der Waals surface area contributed by atoms with E-state index in [4.69, 9.17) is 10.2 Å². The van der Waals surface area contributed by atoms with Gasteiger partial charge in [0.15, 0.2) is 0 Å². The quantitative estimate of drug-likeness (QED) is 0.0326. The topological polar surface area (TPSA) is 119 Å². The normalized spacial score (nSPS) is 13.1. The Labute approximate surface area is 431 Å². The number of anilines is 8. The predicted octanol–water partition coefficient (Wildman–Crippen LogP) is 11.9. The largest absolute Gasteiger partial charge is 0.390 e. The van der Waals surface area contributed by atoms with Crippen LogP contribution >= 0.6 is 23.5 Å². The predicted molar refractivity (Wildman–Crippen MR) is 304 cm³/mol. The molecule has 8 rings (SSSR count). The fourth-order valence-corrected chi connectivity index (χ4v) is 9.86. The third-order valence-corrected chi connectivity index (χ3v) is 14.0. The van der Waals surface area contributed by atoms with E-state index in [2.05, 4.69) is 82.6 Å². The van der Waals surface area contributed by atoms with Gasteiger partial charge in [-0.05, 0) is 108 Å². The molecule has 10 nitrogen and oxygen atoms in total. The maximum atomic E-state index is 11.2. The van der Waals surface area contributed by atoms with Crippen LogP contribution in [-0.2, 0) is 0 Å². The summed E-state index contributed by atoms with van der Waals surface area (Å²) in [6, 6.07) is 76.9. The van der Waals surface area contributed by atoms with Crippen LogP contribution in [0.25, 0.3) is 0 Å². The zero-order valence-electron chi connectivity index (χ0n) is 39.9. The molecule has 0 radical (unpaired) electrons. The van der Waals surface area contributed by atoms with Gasteiger partial charge in [-0.1, -0.05) is 133 Å². The number of aliphatic hydroxyl groups is 4. The van der Waals surface area contributed by atoms with Crippen molar-refractivity contribution in [2.45, 2.75) is 24.4 Å². The van der Waals surface area contributed by atoms with Gasteiger partial charge in [-0.2, -0.15) is 33.7 Å². The number of rotatable bonds is 25. The Hall–Kier alpha value is -7.16. The molecule has 8 aromatic rings. The van der Waals surface area contributed by atoms with E-state index >= 15 is 0 Å². The van der Waals surface area contributed by atoms with Crippen molar-refractivity contribution in [1.82, 2.24) is 0 Å². The van der Waals surface area contributed by atoms with Crippen molar-refractivity contribution in [1.29, 1.82) is 0 Å². The molecule has 0 aliphatic rings. The Morgan fingerprint density at radius 2 is 0.569 bits per heavy atom. The van der Waals surface area contributed by atoms with Crippen LogP contribution in [-0.4, -0.2) is 93.4 Å². The first-order valence-electron chi connectivity index (χ1n) is 24.0. The fourth-order valence-electron chi connectivity index (χ4n) is 7.91. The molecule has 0 saturated carbocycles. The average molecular weight is 993 g/mol. The minimum Gasteiger partial charge on any atom is -0.390 e. The molecule has 0 bridgehead atoms. The van der Waals surface area contributed by atoms with Crippen LogP contribution in [0.4, 0.5) is 45.5 Å². The number of aliphatic hydroxyl groups excluding tert-OH is 4. The highest BCUT2D eigenvalue weighted by atomic mass is 32.2. The van der Waals surface area contributed by atoms with Gasteiger partial charge in [0.2, 0.25) is 0 Å². The molecule has 12 heteroatoms. The molecule has 4 atom stereocenters. The van der Waals surface area contributed by atoms with Gasteiger partial charge in [0.25, 0.3) is 0 Å². The summed E-state index contributed by atoms with van der Waals surface area (Å²) in [4.78, 5) is 4.41. The van der Waals surface area contributed by atoms with Crippen molar-refractivity contribution < 1.29 is 20.4 Å². The van der Waals surface area contributed by atoms with Gasteiger partial charge in [-0.15, -0.1) is 0 Å². The van der Waals surface area contributed by atoms with Crippen molar-refractivity contribution in [3.63, 3.8) is 0 Å².